The van der Waals surface area contributed by atoms with E-state index in [1.54, 1.807) is 29.3 Å². The largest absolute Gasteiger partial charge is 0.481 e. The number of nitrogens with one attached hydrogen (secondary N) is 1. The number of aryl methyl sites for hydroxylation is 1. The summed E-state index contributed by atoms with van der Waals surface area (Å²) in [4.78, 5) is 24.2. The normalized spacial score (nSPS) is 15.7. The first-order valence-corrected chi connectivity index (χ1v) is 11.3. The van der Waals surface area contributed by atoms with Crippen molar-refractivity contribution >= 4 is 21.6 Å². The Balaban J connectivity index is 1.33. The fourth-order valence-corrected chi connectivity index (χ4v) is 5.42. The maximum atomic E-state index is 13.2. The lowest BCUT2D eigenvalue weighted by Gasteiger charge is -2.23. The number of thiophene rings is 1. The van der Waals surface area contributed by atoms with Crippen LogP contribution in [0.1, 0.15) is 28.0 Å². The summed E-state index contributed by atoms with van der Waals surface area (Å²) < 4.78 is 6.85. The number of pyridine rings is 1. The van der Waals surface area contributed by atoms with Gasteiger partial charge in [-0.25, -0.2) is 9.97 Å². The van der Waals surface area contributed by atoms with Crippen LogP contribution in [0, 0.1) is 0 Å². The van der Waals surface area contributed by atoms with Gasteiger partial charge in [-0.1, -0.05) is 36.4 Å². The Morgan fingerprint density at radius 2 is 2.03 bits per heavy atom. The molecule has 1 atom stereocenters. The van der Waals surface area contributed by atoms with Crippen LogP contribution in [0.25, 0.3) is 10.2 Å². The van der Waals surface area contributed by atoms with E-state index in [0.29, 0.717) is 18.5 Å². The minimum absolute atomic E-state index is 0.0714. The molecule has 5 rings (SSSR count). The zero-order valence-electron chi connectivity index (χ0n) is 17.4. The zero-order valence-corrected chi connectivity index (χ0v) is 18.2. The second kappa shape index (κ2) is 8.61. The Bertz CT molecular complexity index is 1250. The summed E-state index contributed by atoms with van der Waals surface area (Å²) in [5.74, 6) is 0.627. The van der Waals surface area contributed by atoms with E-state index in [0.717, 1.165) is 47.2 Å². The highest BCUT2D eigenvalue weighted by atomic mass is 32.1. The van der Waals surface area contributed by atoms with Crippen LogP contribution in [0.15, 0.2) is 59.8 Å². The van der Waals surface area contributed by atoms with Gasteiger partial charge in [0.2, 0.25) is 5.88 Å². The highest BCUT2D eigenvalue weighted by Crippen LogP contribution is 2.33. The molecular weight excluding hydrogens is 408 g/mol. The lowest BCUT2D eigenvalue weighted by molar-refractivity contribution is 0.397. The van der Waals surface area contributed by atoms with Gasteiger partial charge in [0, 0.05) is 29.7 Å². The number of aromatic nitrogens is 3. The molecule has 0 spiro atoms. The molecule has 0 bridgehead atoms. The highest BCUT2D eigenvalue weighted by Gasteiger charge is 2.25. The number of benzene rings is 1. The van der Waals surface area contributed by atoms with E-state index < -0.39 is 0 Å². The van der Waals surface area contributed by atoms with Crippen molar-refractivity contribution in [2.45, 2.75) is 38.4 Å². The first-order chi connectivity index (χ1) is 15.2. The van der Waals surface area contributed by atoms with E-state index in [9.17, 15) is 4.79 Å². The summed E-state index contributed by atoms with van der Waals surface area (Å²) in [6.45, 7) is 1.32. The van der Waals surface area contributed by atoms with Crippen LogP contribution in [0.4, 0.5) is 0 Å². The molecule has 3 aromatic heterocycles. The van der Waals surface area contributed by atoms with Crippen LogP contribution in [-0.4, -0.2) is 27.7 Å². The predicted molar refractivity (Wildman–Crippen MR) is 123 cm³/mol. The lowest BCUT2D eigenvalue weighted by Crippen LogP contribution is -2.33. The molecule has 7 heteroatoms. The van der Waals surface area contributed by atoms with Gasteiger partial charge < -0.3 is 10.1 Å². The lowest BCUT2D eigenvalue weighted by atomic mass is 9.93. The molecule has 0 radical (unpaired) electrons. The van der Waals surface area contributed by atoms with Crippen LogP contribution < -0.4 is 15.6 Å². The molecule has 1 aromatic carbocycles. The van der Waals surface area contributed by atoms with E-state index in [-0.39, 0.29) is 5.56 Å². The van der Waals surface area contributed by atoms with Gasteiger partial charge in [-0.05, 0) is 36.0 Å². The average Bonchev–Trinajstić information content (AvgIpc) is 3.19. The maximum Gasteiger partial charge on any atom is 0.262 e. The van der Waals surface area contributed by atoms with Crippen molar-refractivity contribution in [1.29, 1.82) is 0 Å². The fraction of sp³-hybridized carbons (Fsp3) is 0.292. The molecule has 0 fully saturated rings. The van der Waals surface area contributed by atoms with Gasteiger partial charge in [0.15, 0.2) is 0 Å². The Hall–Kier alpha value is -3.03. The van der Waals surface area contributed by atoms with Gasteiger partial charge in [-0.3, -0.25) is 9.36 Å². The van der Waals surface area contributed by atoms with Crippen LogP contribution in [-0.2, 0) is 25.9 Å². The Kier molecular flexibility index (Phi) is 5.53. The molecule has 6 nitrogen and oxygen atoms in total. The molecule has 1 unspecified atom stereocenters. The molecule has 158 valence electrons. The third kappa shape index (κ3) is 4.11. The van der Waals surface area contributed by atoms with Gasteiger partial charge in [-0.15, -0.1) is 11.3 Å². The number of fused-ring (bicyclic) bond motifs is 3. The maximum absolute atomic E-state index is 13.2. The van der Waals surface area contributed by atoms with Crippen molar-refractivity contribution in [2.24, 2.45) is 0 Å². The summed E-state index contributed by atoms with van der Waals surface area (Å²) in [5, 5.41) is 4.46. The monoisotopic (exact) mass is 432 g/mol. The summed E-state index contributed by atoms with van der Waals surface area (Å²) in [6.07, 6.45) is 6.37. The second-order valence-electron chi connectivity index (χ2n) is 7.88. The SMILES string of the molecule is COc1ccc(CNC2CCc3c(sc4ncn(Cc5ccccc5)c(=O)c34)C2)cn1. The Morgan fingerprint density at radius 1 is 1.16 bits per heavy atom. The second-order valence-corrected chi connectivity index (χ2v) is 8.96. The van der Waals surface area contributed by atoms with Gasteiger partial charge >= 0.3 is 0 Å². The van der Waals surface area contributed by atoms with Crippen molar-refractivity contribution in [3.05, 3.63) is 86.9 Å². The molecule has 4 aromatic rings. The summed E-state index contributed by atoms with van der Waals surface area (Å²) in [5.41, 5.74) is 3.51. The molecule has 1 aliphatic rings. The number of methoxy groups -OCH3 is 1. The van der Waals surface area contributed by atoms with Crippen molar-refractivity contribution in [3.8, 4) is 5.88 Å². The van der Waals surface area contributed by atoms with Crippen molar-refractivity contribution < 1.29 is 4.74 Å². The average molecular weight is 433 g/mol. The van der Waals surface area contributed by atoms with Crippen molar-refractivity contribution in [1.82, 2.24) is 19.9 Å². The van der Waals surface area contributed by atoms with Gasteiger partial charge in [0.1, 0.15) is 4.83 Å². The zero-order chi connectivity index (χ0) is 21.2. The van der Waals surface area contributed by atoms with Crippen LogP contribution >= 0.6 is 11.3 Å². The Labute approximate surface area is 184 Å². The van der Waals surface area contributed by atoms with Gasteiger partial charge in [0.05, 0.1) is 25.4 Å². The van der Waals surface area contributed by atoms with E-state index in [1.165, 1.54) is 10.4 Å². The number of rotatable bonds is 6. The molecule has 0 saturated carbocycles. The third-order valence-electron chi connectivity index (χ3n) is 5.83. The number of hydrogen-bond acceptors (Lipinski definition) is 6. The van der Waals surface area contributed by atoms with E-state index in [4.69, 9.17) is 4.74 Å². The van der Waals surface area contributed by atoms with Gasteiger partial charge in [-0.2, -0.15) is 0 Å². The quantitative estimate of drug-likeness (QED) is 0.505. The van der Waals surface area contributed by atoms with Crippen molar-refractivity contribution in [3.63, 3.8) is 0 Å². The molecular formula is C24H24N4O2S. The Morgan fingerprint density at radius 3 is 2.81 bits per heavy atom. The molecule has 1 N–H and O–H groups in total. The third-order valence-corrected chi connectivity index (χ3v) is 7.00. The molecule has 31 heavy (non-hydrogen) atoms. The van der Waals surface area contributed by atoms with Crippen LogP contribution in [0.2, 0.25) is 0 Å². The predicted octanol–water partition coefficient (Wildman–Crippen LogP) is 3.56. The number of nitrogens with zero attached hydrogens (tertiary/aromatic N) is 3. The molecule has 0 saturated heterocycles. The summed E-state index contributed by atoms with van der Waals surface area (Å²) >= 11 is 1.67. The number of hydrogen-bond donors (Lipinski definition) is 1. The van der Waals surface area contributed by atoms with Gasteiger partial charge in [0.25, 0.3) is 5.56 Å². The van der Waals surface area contributed by atoms with E-state index in [2.05, 4.69) is 15.3 Å². The van der Waals surface area contributed by atoms with Crippen molar-refractivity contribution in [2.75, 3.05) is 7.11 Å². The minimum Gasteiger partial charge on any atom is -0.481 e. The van der Waals surface area contributed by atoms with E-state index >= 15 is 0 Å². The summed E-state index contributed by atoms with van der Waals surface area (Å²) in [7, 11) is 1.62. The standard InChI is InChI=1S/C24H24N4O2S/c1-30-21-10-7-17(13-26-21)12-25-18-8-9-19-20(11-18)31-23-22(19)24(29)28(15-27-23)14-16-5-3-2-4-6-16/h2-7,10,13,15,18,25H,8-9,11-12,14H2,1H3. The highest BCUT2D eigenvalue weighted by molar-refractivity contribution is 7.18. The number of ether oxygens (including phenoxy) is 1. The molecule has 0 aliphatic heterocycles. The van der Waals surface area contributed by atoms with Crippen LogP contribution in [0.5, 0.6) is 5.88 Å². The van der Waals surface area contributed by atoms with E-state index in [1.807, 2.05) is 48.7 Å². The van der Waals surface area contributed by atoms with Crippen LogP contribution in [0.3, 0.4) is 0 Å². The smallest absolute Gasteiger partial charge is 0.262 e. The summed E-state index contributed by atoms with van der Waals surface area (Å²) in [6, 6.07) is 14.3. The first-order valence-electron chi connectivity index (χ1n) is 10.5. The molecule has 3 heterocycles. The molecule has 0 amide bonds. The topological polar surface area (TPSA) is 69.0 Å². The fourth-order valence-electron chi connectivity index (χ4n) is 4.17. The minimum atomic E-state index is 0.0714. The molecule has 1 aliphatic carbocycles. The first kappa shape index (κ1) is 19.9.